The Bertz CT molecular complexity index is 1220. The molecule has 1 aliphatic rings. The Labute approximate surface area is 208 Å². The minimum atomic E-state index is -3.45. The normalized spacial score (nSPS) is 16.1. The SMILES string of the molecule is CCc1ccc(C(C)NC(=O)c2ccc(CN3CCN(S(=O)(=O)c4ccccc4)CC3)cc2)cc1. The molecule has 184 valence electrons. The molecule has 0 aromatic heterocycles. The summed E-state index contributed by atoms with van der Waals surface area (Å²) in [4.78, 5) is 15.3. The molecule has 0 aliphatic carbocycles. The van der Waals surface area contributed by atoms with Crippen LogP contribution < -0.4 is 5.32 Å². The summed E-state index contributed by atoms with van der Waals surface area (Å²) < 4.78 is 27.2. The topological polar surface area (TPSA) is 69.7 Å². The quantitative estimate of drug-likeness (QED) is 0.512. The number of piperazine rings is 1. The number of carbonyl (C=O) groups excluding carboxylic acids is 1. The Morgan fingerprint density at radius 3 is 2.06 bits per heavy atom. The molecule has 35 heavy (non-hydrogen) atoms. The van der Waals surface area contributed by atoms with E-state index in [2.05, 4.69) is 41.4 Å². The van der Waals surface area contributed by atoms with Crippen molar-refractivity contribution in [1.29, 1.82) is 0 Å². The van der Waals surface area contributed by atoms with E-state index in [9.17, 15) is 13.2 Å². The van der Waals surface area contributed by atoms with E-state index in [4.69, 9.17) is 0 Å². The highest BCUT2D eigenvalue weighted by atomic mass is 32.2. The summed E-state index contributed by atoms with van der Waals surface area (Å²) in [6.07, 6.45) is 0.996. The molecule has 1 saturated heterocycles. The zero-order valence-electron chi connectivity index (χ0n) is 20.4. The summed E-state index contributed by atoms with van der Waals surface area (Å²) in [7, 11) is -3.45. The smallest absolute Gasteiger partial charge is 0.251 e. The van der Waals surface area contributed by atoms with Gasteiger partial charge in [0.2, 0.25) is 10.0 Å². The highest BCUT2D eigenvalue weighted by Crippen LogP contribution is 2.19. The first-order valence-corrected chi connectivity index (χ1v) is 13.6. The second-order valence-electron chi connectivity index (χ2n) is 8.98. The van der Waals surface area contributed by atoms with Gasteiger partial charge in [-0.3, -0.25) is 9.69 Å². The van der Waals surface area contributed by atoms with E-state index in [1.807, 2.05) is 37.3 Å². The average Bonchev–Trinajstić information content (AvgIpc) is 2.90. The standard InChI is InChI=1S/C28H33N3O3S/c1-3-23-9-13-25(14-10-23)22(2)29-28(32)26-15-11-24(12-16-26)21-30-17-19-31(20-18-30)35(33,34)27-7-5-4-6-8-27/h4-16,22H,3,17-21H2,1-2H3,(H,29,32). The Kier molecular flexibility index (Phi) is 8.00. The molecular formula is C28H33N3O3S. The first-order chi connectivity index (χ1) is 16.9. The van der Waals surface area contributed by atoms with Crippen molar-refractivity contribution in [2.75, 3.05) is 26.2 Å². The number of nitrogens with zero attached hydrogens (tertiary/aromatic N) is 2. The predicted molar refractivity (Wildman–Crippen MR) is 139 cm³/mol. The second-order valence-corrected chi connectivity index (χ2v) is 10.9. The van der Waals surface area contributed by atoms with Crippen LogP contribution in [0.1, 0.15) is 46.9 Å². The molecule has 1 fully saturated rings. The summed E-state index contributed by atoms with van der Waals surface area (Å²) in [6, 6.07) is 24.5. The maximum atomic E-state index is 12.8. The van der Waals surface area contributed by atoms with Crippen LogP contribution >= 0.6 is 0 Å². The minimum absolute atomic E-state index is 0.0726. The first kappa shape index (κ1) is 25.1. The second kappa shape index (κ2) is 11.2. The Balaban J connectivity index is 1.29. The number of amides is 1. The molecule has 3 aromatic rings. The molecule has 1 unspecified atom stereocenters. The molecule has 1 amide bonds. The number of carbonyl (C=O) groups is 1. The molecule has 0 bridgehead atoms. The number of benzene rings is 3. The molecular weight excluding hydrogens is 458 g/mol. The van der Waals surface area contributed by atoms with Crippen molar-refractivity contribution >= 4 is 15.9 Å². The van der Waals surface area contributed by atoms with Crippen LogP contribution in [0.4, 0.5) is 0 Å². The van der Waals surface area contributed by atoms with E-state index in [1.54, 1.807) is 28.6 Å². The third-order valence-corrected chi connectivity index (χ3v) is 8.48. The van der Waals surface area contributed by atoms with Crippen LogP contribution in [0, 0.1) is 0 Å². The Hall–Kier alpha value is -3.00. The van der Waals surface area contributed by atoms with Crippen molar-refractivity contribution in [3.8, 4) is 0 Å². The van der Waals surface area contributed by atoms with E-state index in [-0.39, 0.29) is 11.9 Å². The molecule has 0 radical (unpaired) electrons. The van der Waals surface area contributed by atoms with Crippen molar-refractivity contribution in [3.05, 3.63) is 101 Å². The van der Waals surface area contributed by atoms with Gasteiger partial charge in [0.15, 0.2) is 0 Å². The van der Waals surface area contributed by atoms with Crippen LogP contribution in [-0.2, 0) is 23.0 Å². The molecule has 1 aliphatic heterocycles. The largest absolute Gasteiger partial charge is 0.346 e. The van der Waals surface area contributed by atoms with Crippen molar-refractivity contribution in [2.24, 2.45) is 0 Å². The van der Waals surface area contributed by atoms with E-state index in [1.165, 1.54) is 5.56 Å². The van der Waals surface area contributed by atoms with Crippen LogP contribution in [0.5, 0.6) is 0 Å². The van der Waals surface area contributed by atoms with Gasteiger partial charge in [-0.25, -0.2) is 8.42 Å². The number of aryl methyl sites for hydroxylation is 1. The molecule has 1 N–H and O–H groups in total. The first-order valence-electron chi connectivity index (χ1n) is 12.1. The Morgan fingerprint density at radius 1 is 0.857 bits per heavy atom. The summed E-state index contributed by atoms with van der Waals surface area (Å²) in [5, 5.41) is 3.07. The van der Waals surface area contributed by atoms with Gasteiger partial charge in [0.1, 0.15) is 0 Å². The zero-order chi connectivity index (χ0) is 24.8. The number of hydrogen-bond donors (Lipinski definition) is 1. The lowest BCUT2D eigenvalue weighted by atomic mass is 10.0. The van der Waals surface area contributed by atoms with Crippen molar-refractivity contribution in [3.63, 3.8) is 0 Å². The van der Waals surface area contributed by atoms with Gasteiger partial charge in [0.25, 0.3) is 5.91 Å². The summed E-state index contributed by atoms with van der Waals surface area (Å²) in [5.41, 5.74) is 4.09. The van der Waals surface area contributed by atoms with Crippen LogP contribution in [0.25, 0.3) is 0 Å². The fourth-order valence-corrected chi connectivity index (χ4v) is 5.74. The zero-order valence-corrected chi connectivity index (χ0v) is 21.2. The summed E-state index contributed by atoms with van der Waals surface area (Å²) >= 11 is 0. The highest BCUT2D eigenvalue weighted by Gasteiger charge is 2.28. The Morgan fingerprint density at radius 2 is 1.46 bits per heavy atom. The molecule has 7 heteroatoms. The van der Waals surface area contributed by atoms with Crippen molar-refractivity contribution in [2.45, 2.75) is 37.8 Å². The van der Waals surface area contributed by atoms with Crippen LogP contribution in [-0.4, -0.2) is 49.7 Å². The van der Waals surface area contributed by atoms with Gasteiger partial charge in [-0.1, -0.05) is 61.5 Å². The van der Waals surface area contributed by atoms with Gasteiger partial charge in [-0.05, 0) is 54.3 Å². The number of rotatable bonds is 8. The monoisotopic (exact) mass is 491 g/mol. The highest BCUT2D eigenvalue weighted by molar-refractivity contribution is 7.89. The van der Waals surface area contributed by atoms with Gasteiger partial charge in [-0.2, -0.15) is 4.31 Å². The van der Waals surface area contributed by atoms with Crippen molar-refractivity contribution < 1.29 is 13.2 Å². The number of hydrogen-bond acceptors (Lipinski definition) is 4. The van der Waals surface area contributed by atoms with E-state index < -0.39 is 10.0 Å². The van der Waals surface area contributed by atoms with Gasteiger partial charge >= 0.3 is 0 Å². The maximum absolute atomic E-state index is 12.8. The molecule has 1 atom stereocenters. The van der Waals surface area contributed by atoms with Crippen LogP contribution in [0.15, 0.2) is 83.8 Å². The molecule has 3 aromatic carbocycles. The van der Waals surface area contributed by atoms with Crippen LogP contribution in [0.3, 0.4) is 0 Å². The van der Waals surface area contributed by atoms with Crippen LogP contribution in [0.2, 0.25) is 0 Å². The minimum Gasteiger partial charge on any atom is -0.346 e. The van der Waals surface area contributed by atoms with Gasteiger partial charge in [0, 0.05) is 38.3 Å². The average molecular weight is 492 g/mol. The third-order valence-electron chi connectivity index (χ3n) is 6.57. The third kappa shape index (κ3) is 6.17. The van der Waals surface area contributed by atoms with Gasteiger partial charge in [0.05, 0.1) is 10.9 Å². The maximum Gasteiger partial charge on any atom is 0.251 e. The van der Waals surface area contributed by atoms with Gasteiger partial charge < -0.3 is 5.32 Å². The van der Waals surface area contributed by atoms with E-state index in [0.29, 0.717) is 36.6 Å². The lowest BCUT2D eigenvalue weighted by molar-refractivity contribution is 0.0940. The molecule has 6 nitrogen and oxygen atoms in total. The number of nitrogens with one attached hydrogen (secondary N) is 1. The fourth-order valence-electron chi connectivity index (χ4n) is 4.29. The lowest BCUT2D eigenvalue weighted by Crippen LogP contribution is -2.48. The lowest BCUT2D eigenvalue weighted by Gasteiger charge is -2.34. The predicted octanol–water partition coefficient (Wildman–Crippen LogP) is 4.25. The van der Waals surface area contributed by atoms with E-state index >= 15 is 0 Å². The summed E-state index contributed by atoms with van der Waals surface area (Å²) in [5.74, 6) is -0.0941. The van der Waals surface area contributed by atoms with Crippen molar-refractivity contribution in [1.82, 2.24) is 14.5 Å². The van der Waals surface area contributed by atoms with E-state index in [0.717, 1.165) is 24.1 Å². The summed E-state index contributed by atoms with van der Waals surface area (Å²) in [6.45, 7) is 7.11. The number of sulfonamides is 1. The molecule has 0 spiro atoms. The molecule has 1 heterocycles. The van der Waals surface area contributed by atoms with Gasteiger partial charge in [-0.15, -0.1) is 0 Å². The molecule has 4 rings (SSSR count). The molecule has 0 saturated carbocycles. The fraction of sp³-hybridized carbons (Fsp3) is 0.321.